The molecule has 1 atom stereocenters. The molecule has 1 aromatic heterocycles. The van der Waals surface area contributed by atoms with Crippen molar-refractivity contribution in [1.29, 1.82) is 0 Å². The van der Waals surface area contributed by atoms with E-state index in [0.29, 0.717) is 13.1 Å². The zero-order valence-corrected chi connectivity index (χ0v) is 11.9. The Balaban J connectivity index is 1.67. The van der Waals surface area contributed by atoms with E-state index in [0.717, 1.165) is 34.8 Å². The van der Waals surface area contributed by atoms with Crippen molar-refractivity contribution in [2.75, 3.05) is 18.1 Å². The van der Waals surface area contributed by atoms with E-state index in [-0.39, 0.29) is 0 Å². The Morgan fingerprint density at radius 1 is 1.47 bits per heavy atom. The Labute approximate surface area is 117 Å². The summed E-state index contributed by atoms with van der Waals surface area (Å²) < 4.78 is 2.11. The molecule has 1 aliphatic heterocycles. The van der Waals surface area contributed by atoms with Gasteiger partial charge in [-0.05, 0) is 24.3 Å². The third-order valence-corrected chi connectivity index (χ3v) is 4.93. The average Bonchev–Trinajstić information content (AvgIpc) is 2.96. The molecule has 1 saturated heterocycles. The maximum absolute atomic E-state index is 10.3. The predicted molar refractivity (Wildman–Crippen MR) is 79.3 cm³/mol. The van der Waals surface area contributed by atoms with Gasteiger partial charge in [0.15, 0.2) is 0 Å². The number of aliphatic hydroxyl groups is 1. The fourth-order valence-corrected chi connectivity index (χ4v) is 3.79. The Morgan fingerprint density at radius 2 is 2.32 bits per heavy atom. The van der Waals surface area contributed by atoms with Crippen LogP contribution in [0.15, 0.2) is 24.3 Å². The number of hydrogen-bond donors (Lipinski definition) is 2. The minimum atomic E-state index is -0.532. The van der Waals surface area contributed by atoms with E-state index in [9.17, 15) is 5.11 Å². The number of nitrogens with zero attached hydrogens (tertiary/aromatic N) is 2. The summed E-state index contributed by atoms with van der Waals surface area (Å²) in [6.07, 6.45) is 0.882. The topological polar surface area (TPSA) is 50.1 Å². The van der Waals surface area contributed by atoms with E-state index >= 15 is 0 Å². The lowest BCUT2D eigenvalue weighted by atomic mass is 10.0. The van der Waals surface area contributed by atoms with Gasteiger partial charge in [-0.15, -0.1) is 0 Å². The minimum absolute atomic E-state index is 0.532. The van der Waals surface area contributed by atoms with Gasteiger partial charge in [-0.1, -0.05) is 12.1 Å². The van der Waals surface area contributed by atoms with Crippen molar-refractivity contribution in [2.45, 2.75) is 18.6 Å². The standard InChI is InChI=1S/C14H19N3OS/c1-17-12-5-3-2-4-11(12)16-13(17)8-15-9-14(18)6-7-19-10-14/h2-5,15,18H,6-10H2,1H3. The first kappa shape index (κ1) is 13.0. The van der Waals surface area contributed by atoms with Gasteiger partial charge >= 0.3 is 0 Å². The molecule has 5 heteroatoms. The van der Waals surface area contributed by atoms with Gasteiger partial charge in [-0.25, -0.2) is 4.98 Å². The SMILES string of the molecule is Cn1c(CNCC2(O)CCSC2)nc2ccccc21. The zero-order chi connectivity index (χ0) is 13.3. The fraction of sp³-hybridized carbons (Fsp3) is 0.500. The van der Waals surface area contributed by atoms with Crippen molar-refractivity contribution >= 4 is 22.8 Å². The highest BCUT2D eigenvalue weighted by atomic mass is 32.2. The largest absolute Gasteiger partial charge is 0.388 e. The van der Waals surface area contributed by atoms with Crippen LogP contribution in [0, 0.1) is 0 Å². The van der Waals surface area contributed by atoms with Crippen LogP contribution >= 0.6 is 11.8 Å². The van der Waals surface area contributed by atoms with Crippen LogP contribution in [-0.4, -0.2) is 38.3 Å². The van der Waals surface area contributed by atoms with Gasteiger partial charge in [0.2, 0.25) is 0 Å². The molecule has 0 bridgehead atoms. The zero-order valence-electron chi connectivity index (χ0n) is 11.1. The molecule has 19 heavy (non-hydrogen) atoms. The van der Waals surface area contributed by atoms with Crippen LogP contribution in [-0.2, 0) is 13.6 Å². The van der Waals surface area contributed by atoms with Crippen LogP contribution < -0.4 is 5.32 Å². The summed E-state index contributed by atoms with van der Waals surface area (Å²) in [5.41, 5.74) is 1.64. The van der Waals surface area contributed by atoms with Crippen molar-refractivity contribution in [3.05, 3.63) is 30.1 Å². The molecule has 1 aliphatic rings. The molecule has 3 rings (SSSR count). The van der Waals surface area contributed by atoms with Crippen molar-refractivity contribution in [3.63, 3.8) is 0 Å². The first-order chi connectivity index (χ1) is 9.18. The highest BCUT2D eigenvalue weighted by molar-refractivity contribution is 7.99. The second kappa shape index (κ2) is 5.15. The van der Waals surface area contributed by atoms with Gasteiger partial charge in [0.1, 0.15) is 5.82 Å². The van der Waals surface area contributed by atoms with Crippen molar-refractivity contribution in [3.8, 4) is 0 Å². The van der Waals surface area contributed by atoms with Gasteiger partial charge in [-0.3, -0.25) is 0 Å². The third-order valence-electron chi connectivity index (χ3n) is 3.70. The molecule has 2 N–H and O–H groups in total. The molecule has 1 fully saturated rings. The number of hydrogen-bond acceptors (Lipinski definition) is 4. The van der Waals surface area contributed by atoms with E-state index in [2.05, 4.69) is 20.9 Å². The number of aryl methyl sites for hydroxylation is 1. The second-order valence-corrected chi connectivity index (χ2v) is 6.31. The normalized spacial score (nSPS) is 23.3. The molecule has 1 aromatic carbocycles. The van der Waals surface area contributed by atoms with Gasteiger partial charge in [0.25, 0.3) is 0 Å². The number of benzene rings is 1. The number of thioether (sulfide) groups is 1. The summed E-state index contributed by atoms with van der Waals surface area (Å²) >= 11 is 1.82. The molecule has 1 unspecified atom stereocenters. The van der Waals surface area contributed by atoms with E-state index < -0.39 is 5.60 Å². The van der Waals surface area contributed by atoms with Crippen LogP contribution in [0.25, 0.3) is 11.0 Å². The molecule has 102 valence electrons. The summed E-state index contributed by atoms with van der Waals surface area (Å²) in [6.45, 7) is 1.33. The number of imidazole rings is 1. The Kier molecular flexibility index (Phi) is 3.52. The molecule has 2 heterocycles. The molecule has 0 saturated carbocycles. The first-order valence-corrected chi connectivity index (χ1v) is 7.75. The molecule has 0 amide bonds. The number of rotatable bonds is 4. The maximum Gasteiger partial charge on any atom is 0.123 e. The van der Waals surface area contributed by atoms with E-state index in [4.69, 9.17) is 0 Å². The Bertz CT molecular complexity index is 575. The van der Waals surface area contributed by atoms with E-state index in [1.54, 1.807) is 0 Å². The summed E-state index contributed by atoms with van der Waals surface area (Å²) in [5, 5.41) is 13.6. The summed E-state index contributed by atoms with van der Waals surface area (Å²) in [5.74, 6) is 2.91. The summed E-state index contributed by atoms with van der Waals surface area (Å²) in [7, 11) is 2.03. The number of fused-ring (bicyclic) bond motifs is 1. The van der Waals surface area contributed by atoms with Crippen LogP contribution in [0.1, 0.15) is 12.2 Å². The number of para-hydroxylation sites is 2. The molecule has 0 aliphatic carbocycles. The maximum atomic E-state index is 10.3. The van der Waals surface area contributed by atoms with Crippen LogP contribution in [0.5, 0.6) is 0 Å². The molecular weight excluding hydrogens is 258 g/mol. The third kappa shape index (κ3) is 2.63. The highest BCUT2D eigenvalue weighted by Crippen LogP contribution is 2.27. The number of aromatic nitrogens is 2. The highest BCUT2D eigenvalue weighted by Gasteiger charge is 2.31. The van der Waals surface area contributed by atoms with Gasteiger partial charge < -0.3 is 15.0 Å². The first-order valence-electron chi connectivity index (χ1n) is 6.59. The van der Waals surface area contributed by atoms with Crippen LogP contribution in [0.2, 0.25) is 0 Å². The lowest BCUT2D eigenvalue weighted by molar-refractivity contribution is 0.0672. The van der Waals surface area contributed by atoms with Gasteiger partial charge in [-0.2, -0.15) is 11.8 Å². The summed E-state index contributed by atoms with van der Waals surface area (Å²) in [4.78, 5) is 4.61. The van der Waals surface area contributed by atoms with E-state index in [1.807, 2.05) is 37.0 Å². The smallest absolute Gasteiger partial charge is 0.123 e. The van der Waals surface area contributed by atoms with Crippen molar-refractivity contribution < 1.29 is 5.11 Å². The van der Waals surface area contributed by atoms with E-state index in [1.165, 1.54) is 0 Å². The van der Waals surface area contributed by atoms with Crippen LogP contribution in [0.4, 0.5) is 0 Å². The monoisotopic (exact) mass is 277 g/mol. The number of nitrogens with one attached hydrogen (secondary N) is 1. The minimum Gasteiger partial charge on any atom is -0.388 e. The summed E-state index contributed by atoms with van der Waals surface area (Å²) in [6, 6.07) is 8.14. The van der Waals surface area contributed by atoms with Crippen molar-refractivity contribution in [1.82, 2.24) is 14.9 Å². The predicted octanol–water partition coefficient (Wildman–Crippen LogP) is 1.53. The average molecular weight is 277 g/mol. The second-order valence-electron chi connectivity index (χ2n) is 5.21. The Morgan fingerprint density at radius 3 is 3.05 bits per heavy atom. The molecular formula is C14H19N3OS. The van der Waals surface area contributed by atoms with Crippen LogP contribution in [0.3, 0.4) is 0 Å². The Hall–Kier alpha value is -1.04. The molecule has 2 aromatic rings. The fourth-order valence-electron chi connectivity index (χ4n) is 2.50. The molecule has 0 spiro atoms. The lowest BCUT2D eigenvalue weighted by Crippen LogP contribution is -2.40. The molecule has 0 radical (unpaired) electrons. The lowest BCUT2D eigenvalue weighted by Gasteiger charge is -2.21. The molecule has 4 nitrogen and oxygen atoms in total. The van der Waals surface area contributed by atoms with Gasteiger partial charge in [0, 0.05) is 19.3 Å². The van der Waals surface area contributed by atoms with Gasteiger partial charge in [0.05, 0.1) is 23.2 Å². The van der Waals surface area contributed by atoms with Crippen molar-refractivity contribution in [2.24, 2.45) is 7.05 Å². The quantitative estimate of drug-likeness (QED) is 0.890.